The average Bonchev–Trinajstić information content (AvgIpc) is 3.68. The molecule has 0 N–H and O–H groups in total. The van der Waals surface area contributed by atoms with E-state index in [2.05, 4.69) is 157 Å². The minimum Gasteiger partial charge on any atom is -0.456 e. The molecule has 0 aliphatic rings. The summed E-state index contributed by atoms with van der Waals surface area (Å²) in [5, 5.41) is 9.73. The molecule has 0 amide bonds. The molecule has 3 heteroatoms. The van der Waals surface area contributed by atoms with E-state index in [-0.39, 0.29) is 0 Å². The van der Waals surface area contributed by atoms with Crippen LogP contribution in [0, 0.1) is 0 Å². The molecule has 0 unspecified atom stereocenters. The summed E-state index contributed by atoms with van der Waals surface area (Å²) in [7, 11) is 0. The van der Waals surface area contributed by atoms with Crippen molar-refractivity contribution in [3.05, 3.63) is 164 Å². The molecule has 0 radical (unpaired) electrons. The highest BCUT2D eigenvalue weighted by atomic mass is 32.1. The number of anilines is 3. The van der Waals surface area contributed by atoms with Gasteiger partial charge in [0, 0.05) is 48.0 Å². The summed E-state index contributed by atoms with van der Waals surface area (Å²) < 4.78 is 8.82. The molecule has 220 valence electrons. The van der Waals surface area contributed by atoms with E-state index in [9.17, 15) is 0 Å². The third kappa shape index (κ3) is 4.25. The number of thiophene rings is 1. The number of furan rings is 1. The largest absolute Gasteiger partial charge is 0.456 e. The summed E-state index contributed by atoms with van der Waals surface area (Å²) in [5.41, 5.74) is 7.65. The first-order valence-electron chi connectivity index (χ1n) is 15.9. The maximum absolute atomic E-state index is 6.21. The average molecular weight is 618 g/mol. The lowest BCUT2D eigenvalue weighted by atomic mass is 9.98. The SMILES string of the molecule is c1ccc2c(-c3ccc(N(c4ccc5cc6oc7ccccc7c6cc5c4)c4ccc5sc6ccccc6c5c4)cc3)cccc2c1. The van der Waals surface area contributed by atoms with Crippen LogP contribution >= 0.6 is 11.3 Å². The van der Waals surface area contributed by atoms with Gasteiger partial charge in [-0.1, -0.05) is 97.1 Å². The van der Waals surface area contributed by atoms with Gasteiger partial charge in [-0.3, -0.25) is 0 Å². The Morgan fingerprint density at radius 2 is 1.09 bits per heavy atom. The maximum atomic E-state index is 6.21. The summed E-state index contributed by atoms with van der Waals surface area (Å²) in [6, 6.07) is 59.2. The van der Waals surface area contributed by atoms with Crippen LogP contribution in [0.3, 0.4) is 0 Å². The highest BCUT2D eigenvalue weighted by Crippen LogP contribution is 2.42. The number of benzene rings is 8. The van der Waals surface area contributed by atoms with Gasteiger partial charge < -0.3 is 9.32 Å². The van der Waals surface area contributed by atoms with Crippen LogP contribution < -0.4 is 4.90 Å². The van der Waals surface area contributed by atoms with E-state index in [0.717, 1.165) is 44.4 Å². The number of hydrogen-bond acceptors (Lipinski definition) is 3. The predicted octanol–water partition coefficient (Wildman–Crippen LogP) is 13.4. The molecule has 0 aliphatic heterocycles. The zero-order chi connectivity index (χ0) is 30.9. The van der Waals surface area contributed by atoms with Crippen LogP contribution in [0.2, 0.25) is 0 Å². The first-order valence-corrected chi connectivity index (χ1v) is 16.7. The third-order valence-corrected chi connectivity index (χ3v) is 10.6. The van der Waals surface area contributed by atoms with Crippen molar-refractivity contribution < 1.29 is 4.42 Å². The quantitative estimate of drug-likeness (QED) is 0.195. The Morgan fingerprint density at radius 3 is 2.00 bits per heavy atom. The molecule has 2 aromatic heterocycles. The molecule has 0 aliphatic carbocycles. The zero-order valence-corrected chi connectivity index (χ0v) is 26.2. The minimum atomic E-state index is 0.919. The zero-order valence-electron chi connectivity index (χ0n) is 25.4. The lowest BCUT2D eigenvalue weighted by Crippen LogP contribution is -2.09. The van der Waals surface area contributed by atoms with Crippen molar-refractivity contribution in [1.29, 1.82) is 0 Å². The summed E-state index contributed by atoms with van der Waals surface area (Å²) >= 11 is 1.85. The fourth-order valence-electron chi connectivity index (χ4n) is 7.16. The number of rotatable bonds is 4. The van der Waals surface area contributed by atoms with Gasteiger partial charge >= 0.3 is 0 Å². The van der Waals surface area contributed by atoms with Crippen molar-refractivity contribution in [3.8, 4) is 11.1 Å². The number of nitrogens with zero attached hydrogens (tertiary/aromatic N) is 1. The fourth-order valence-corrected chi connectivity index (χ4v) is 8.25. The van der Waals surface area contributed by atoms with Gasteiger partial charge in [-0.25, -0.2) is 0 Å². The Kier molecular flexibility index (Phi) is 5.78. The second-order valence-corrected chi connectivity index (χ2v) is 13.2. The summed E-state index contributed by atoms with van der Waals surface area (Å²) in [5.74, 6) is 0. The second kappa shape index (κ2) is 10.3. The van der Waals surface area contributed by atoms with Crippen LogP contribution in [-0.4, -0.2) is 0 Å². The van der Waals surface area contributed by atoms with Crippen molar-refractivity contribution in [2.24, 2.45) is 0 Å². The second-order valence-electron chi connectivity index (χ2n) is 12.2. The first kappa shape index (κ1) is 26.3. The van der Waals surface area contributed by atoms with Crippen LogP contribution in [0.1, 0.15) is 0 Å². The van der Waals surface area contributed by atoms with Crippen molar-refractivity contribution in [1.82, 2.24) is 0 Å². The van der Waals surface area contributed by atoms with Gasteiger partial charge in [-0.05, 0) is 99.4 Å². The number of hydrogen-bond donors (Lipinski definition) is 0. The highest BCUT2D eigenvalue weighted by molar-refractivity contribution is 7.25. The third-order valence-electron chi connectivity index (χ3n) is 9.42. The standard InChI is InChI=1S/C44H27NOS/c1-2-10-35-28(8-1)9-7-13-36(35)29-16-19-32(20-17-29)45(34-22-23-44-40(27-34)38-12-4-6-15-43(38)47-44)33-21-18-30-26-42-39(25-31(30)24-33)37-11-3-5-14-41(37)46-42/h1-27H. The lowest BCUT2D eigenvalue weighted by Gasteiger charge is -2.26. The highest BCUT2D eigenvalue weighted by Gasteiger charge is 2.17. The molecular weight excluding hydrogens is 591 g/mol. The van der Waals surface area contributed by atoms with E-state index in [1.807, 2.05) is 23.5 Å². The predicted molar refractivity (Wildman–Crippen MR) is 202 cm³/mol. The molecule has 0 saturated heterocycles. The van der Waals surface area contributed by atoms with Crippen molar-refractivity contribution in [3.63, 3.8) is 0 Å². The maximum Gasteiger partial charge on any atom is 0.136 e. The minimum absolute atomic E-state index is 0.919. The summed E-state index contributed by atoms with van der Waals surface area (Å²) in [6.07, 6.45) is 0. The molecule has 0 atom stereocenters. The van der Waals surface area contributed by atoms with E-state index in [0.29, 0.717) is 0 Å². The molecular formula is C44H27NOS. The van der Waals surface area contributed by atoms with Gasteiger partial charge in [-0.2, -0.15) is 0 Å². The van der Waals surface area contributed by atoms with Crippen molar-refractivity contribution in [2.45, 2.75) is 0 Å². The molecule has 0 bridgehead atoms. The van der Waals surface area contributed by atoms with E-state index in [1.54, 1.807) is 0 Å². The van der Waals surface area contributed by atoms with Crippen LogP contribution in [0.15, 0.2) is 168 Å². The number of para-hydroxylation sites is 1. The first-order chi connectivity index (χ1) is 23.3. The molecule has 10 aromatic rings. The molecule has 0 spiro atoms. The van der Waals surface area contributed by atoms with Crippen LogP contribution in [0.4, 0.5) is 17.1 Å². The van der Waals surface area contributed by atoms with E-state index in [1.165, 1.54) is 47.5 Å². The molecule has 0 saturated carbocycles. The Labute approximate surface area is 275 Å². The Morgan fingerprint density at radius 1 is 0.383 bits per heavy atom. The van der Waals surface area contributed by atoms with Crippen molar-refractivity contribution >= 4 is 92.1 Å². The molecule has 10 rings (SSSR count). The Hall–Kier alpha value is -5.90. The Balaban J connectivity index is 1.16. The van der Waals surface area contributed by atoms with Crippen LogP contribution in [-0.2, 0) is 0 Å². The molecule has 2 heterocycles. The van der Waals surface area contributed by atoms with Crippen LogP contribution in [0.25, 0.3) is 74.8 Å². The monoisotopic (exact) mass is 617 g/mol. The molecule has 0 fully saturated rings. The molecule has 8 aromatic carbocycles. The smallest absolute Gasteiger partial charge is 0.136 e. The van der Waals surface area contributed by atoms with Gasteiger partial charge in [-0.15, -0.1) is 11.3 Å². The lowest BCUT2D eigenvalue weighted by molar-refractivity contribution is 0.669. The van der Waals surface area contributed by atoms with E-state index in [4.69, 9.17) is 4.42 Å². The van der Waals surface area contributed by atoms with Gasteiger partial charge in [0.2, 0.25) is 0 Å². The van der Waals surface area contributed by atoms with Gasteiger partial charge in [0.25, 0.3) is 0 Å². The van der Waals surface area contributed by atoms with Gasteiger partial charge in [0.05, 0.1) is 0 Å². The Bertz CT molecular complexity index is 2800. The summed E-state index contributed by atoms with van der Waals surface area (Å²) in [6.45, 7) is 0. The van der Waals surface area contributed by atoms with E-state index < -0.39 is 0 Å². The van der Waals surface area contributed by atoms with Gasteiger partial charge in [0.15, 0.2) is 0 Å². The van der Waals surface area contributed by atoms with Gasteiger partial charge in [0.1, 0.15) is 11.2 Å². The topological polar surface area (TPSA) is 16.4 Å². The number of fused-ring (bicyclic) bond motifs is 8. The fraction of sp³-hybridized carbons (Fsp3) is 0. The van der Waals surface area contributed by atoms with Crippen LogP contribution in [0.5, 0.6) is 0 Å². The normalized spacial score (nSPS) is 11.8. The van der Waals surface area contributed by atoms with E-state index >= 15 is 0 Å². The summed E-state index contributed by atoms with van der Waals surface area (Å²) in [4.78, 5) is 2.38. The van der Waals surface area contributed by atoms with Crippen molar-refractivity contribution in [2.75, 3.05) is 4.90 Å². The molecule has 47 heavy (non-hydrogen) atoms. The molecule has 2 nitrogen and oxygen atoms in total.